The van der Waals surface area contributed by atoms with Crippen molar-refractivity contribution in [2.75, 3.05) is 17.7 Å². The molecule has 1 aromatic heterocycles. The third kappa shape index (κ3) is 4.38. The number of anilines is 1. The Morgan fingerprint density at radius 2 is 2.24 bits per heavy atom. The fourth-order valence-electron chi connectivity index (χ4n) is 1.58. The van der Waals surface area contributed by atoms with E-state index in [-0.39, 0.29) is 11.0 Å². The van der Waals surface area contributed by atoms with Gasteiger partial charge in [0.1, 0.15) is 0 Å². The molecule has 0 bridgehead atoms. The standard InChI is InChI=1S/C12H20ClN3O/c1-12(2,5-4-6-13)9-15-10-11(17)16(3)8-7-14-10/h7-8H,4-6,9H2,1-3H3,(H,14,15). The Hall–Kier alpha value is -1.03. The predicted molar refractivity (Wildman–Crippen MR) is 71.7 cm³/mol. The van der Waals surface area contributed by atoms with Crippen molar-refractivity contribution < 1.29 is 0 Å². The first-order chi connectivity index (χ1) is 7.96. The molecule has 0 aromatic carbocycles. The molecule has 1 N–H and O–H groups in total. The van der Waals surface area contributed by atoms with Gasteiger partial charge in [0.2, 0.25) is 0 Å². The minimum Gasteiger partial charge on any atom is -0.365 e. The zero-order chi connectivity index (χ0) is 12.9. The second-order valence-electron chi connectivity index (χ2n) is 5.00. The fraction of sp³-hybridized carbons (Fsp3) is 0.667. The summed E-state index contributed by atoms with van der Waals surface area (Å²) in [5.41, 5.74) is 0.0119. The number of hydrogen-bond acceptors (Lipinski definition) is 3. The van der Waals surface area contributed by atoms with Gasteiger partial charge in [-0.25, -0.2) is 4.98 Å². The van der Waals surface area contributed by atoms with E-state index in [0.29, 0.717) is 11.7 Å². The SMILES string of the molecule is Cn1ccnc(NCC(C)(C)CCCCl)c1=O. The molecule has 0 aliphatic carbocycles. The minimum atomic E-state index is -0.0966. The summed E-state index contributed by atoms with van der Waals surface area (Å²) in [6.07, 6.45) is 5.27. The molecule has 1 heterocycles. The van der Waals surface area contributed by atoms with E-state index in [1.807, 2.05) is 0 Å². The average Bonchev–Trinajstić information content (AvgIpc) is 2.29. The van der Waals surface area contributed by atoms with Crippen molar-refractivity contribution in [1.82, 2.24) is 9.55 Å². The van der Waals surface area contributed by atoms with Gasteiger partial charge in [-0.15, -0.1) is 11.6 Å². The number of halogens is 1. The number of nitrogens with one attached hydrogen (secondary N) is 1. The largest absolute Gasteiger partial charge is 0.365 e. The first-order valence-corrected chi connectivity index (χ1v) is 6.31. The summed E-state index contributed by atoms with van der Waals surface area (Å²) < 4.78 is 1.51. The van der Waals surface area contributed by atoms with Gasteiger partial charge in [0.05, 0.1) is 0 Å². The first kappa shape index (κ1) is 14.0. The summed E-state index contributed by atoms with van der Waals surface area (Å²) in [6.45, 7) is 5.02. The van der Waals surface area contributed by atoms with Crippen LogP contribution >= 0.6 is 11.6 Å². The Balaban J connectivity index is 2.61. The molecule has 17 heavy (non-hydrogen) atoms. The van der Waals surface area contributed by atoms with Crippen molar-refractivity contribution in [3.63, 3.8) is 0 Å². The van der Waals surface area contributed by atoms with Crippen molar-refractivity contribution >= 4 is 17.4 Å². The molecule has 0 atom stereocenters. The van der Waals surface area contributed by atoms with Crippen molar-refractivity contribution in [3.8, 4) is 0 Å². The van der Waals surface area contributed by atoms with E-state index < -0.39 is 0 Å². The maximum Gasteiger partial charge on any atom is 0.293 e. The van der Waals surface area contributed by atoms with Gasteiger partial charge in [-0.1, -0.05) is 13.8 Å². The van der Waals surface area contributed by atoms with Crippen LogP contribution in [-0.2, 0) is 7.05 Å². The van der Waals surface area contributed by atoms with Crippen molar-refractivity contribution in [2.45, 2.75) is 26.7 Å². The van der Waals surface area contributed by atoms with Crippen LogP contribution < -0.4 is 10.9 Å². The van der Waals surface area contributed by atoms with E-state index in [9.17, 15) is 4.79 Å². The summed E-state index contributed by atoms with van der Waals surface area (Å²) >= 11 is 5.68. The van der Waals surface area contributed by atoms with E-state index in [0.717, 1.165) is 19.4 Å². The number of rotatable bonds is 6. The van der Waals surface area contributed by atoms with Crippen molar-refractivity contribution in [2.24, 2.45) is 12.5 Å². The number of hydrogen-bond donors (Lipinski definition) is 1. The molecule has 1 rings (SSSR count). The number of nitrogens with zero attached hydrogens (tertiary/aromatic N) is 2. The molecular weight excluding hydrogens is 238 g/mol. The van der Waals surface area contributed by atoms with Crippen LogP contribution in [0.5, 0.6) is 0 Å². The van der Waals surface area contributed by atoms with Crippen molar-refractivity contribution in [3.05, 3.63) is 22.7 Å². The third-order valence-electron chi connectivity index (χ3n) is 2.74. The molecule has 0 aliphatic rings. The monoisotopic (exact) mass is 257 g/mol. The van der Waals surface area contributed by atoms with Gasteiger partial charge < -0.3 is 9.88 Å². The van der Waals surface area contributed by atoms with Gasteiger partial charge in [-0.2, -0.15) is 0 Å². The topological polar surface area (TPSA) is 46.9 Å². The minimum absolute atomic E-state index is 0.0966. The molecule has 0 radical (unpaired) electrons. The van der Waals surface area contributed by atoms with E-state index in [2.05, 4.69) is 24.1 Å². The van der Waals surface area contributed by atoms with Gasteiger partial charge in [-0.3, -0.25) is 4.79 Å². The highest BCUT2D eigenvalue weighted by molar-refractivity contribution is 6.17. The summed E-state index contributed by atoms with van der Waals surface area (Å²) in [5, 5.41) is 3.12. The van der Waals surface area contributed by atoms with Gasteiger partial charge in [-0.05, 0) is 18.3 Å². The lowest BCUT2D eigenvalue weighted by Crippen LogP contribution is -2.28. The molecule has 0 saturated carbocycles. The summed E-state index contributed by atoms with van der Waals surface area (Å²) in [7, 11) is 1.72. The highest BCUT2D eigenvalue weighted by Gasteiger charge is 2.17. The van der Waals surface area contributed by atoms with Crippen LogP contribution in [0.3, 0.4) is 0 Å². The highest BCUT2D eigenvalue weighted by atomic mass is 35.5. The highest BCUT2D eigenvalue weighted by Crippen LogP contribution is 2.22. The van der Waals surface area contributed by atoms with Crippen molar-refractivity contribution in [1.29, 1.82) is 0 Å². The number of aromatic nitrogens is 2. The molecule has 4 nitrogen and oxygen atoms in total. The van der Waals surface area contributed by atoms with E-state index in [4.69, 9.17) is 11.6 Å². The lowest BCUT2D eigenvalue weighted by atomic mass is 9.88. The van der Waals surface area contributed by atoms with Crippen LogP contribution in [0, 0.1) is 5.41 Å². The molecule has 0 aliphatic heterocycles. The Morgan fingerprint density at radius 3 is 2.88 bits per heavy atom. The number of aryl methyl sites for hydroxylation is 1. The smallest absolute Gasteiger partial charge is 0.293 e. The quantitative estimate of drug-likeness (QED) is 0.795. The van der Waals surface area contributed by atoms with E-state index >= 15 is 0 Å². The zero-order valence-corrected chi connectivity index (χ0v) is 11.4. The molecule has 0 saturated heterocycles. The van der Waals surface area contributed by atoms with E-state index in [1.165, 1.54) is 4.57 Å². The normalized spacial score (nSPS) is 11.5. The second-order valence-corrected chi connectivity index (χ2v) is 5.38. The summed E-state index contributed by atoms with van der Waals surface area (Å²) in [4.78, 5) is 15.8. The molecule has 0 amide bonds. The lowest BCUT2D eigenvalue weighted by Gasteiger charge is -2.24. The molecule has 96 valence electrons. The van der Waals surface area contributed by atoms with Crippen LogP contribution in [0.15, 0.2) is 17.2 Å². The van der Waals surface area contributed by atoms with Gasteiger partial charge >= 0.3 is 0 Å². The first-order valence-electron chi connectivity index (χ1n) is 5.78. The van der Waals surface area contributed by atoms with Gasteiger partial charge in [0.15, 0.2) is 5.82 Å². The molecule has 0 unspecified atom stereocenters. The average molecular weight is 258 g/mol. The van der Waals surface area contributed by atoms with Crippen LogP contribution in [0.2, 0.25) is 0 Å². The lowest BCUT2D eigenvalue weighted by molar-refractivity contribution is 0.355. The Kier molecular flexibility index (Phi) is 5.00. The molecule has 0 fully saturated rings. The third-order valence-corrected chi connectivity index (χ3v) is 3.01. The van der Waals surface area contributed by atoms with Crippen LogP contribution in [-0.4, -0.2) is 22.0 Å². The predicted octanol–water partition coefficient (Wildman–Crippen LogP) is 2.24. The Bertz CT molecular complexity index is 414. The maximum atomic E-state index is 11.7. The Morgan fingerprint density at radius 1 is 1.53 bits per heavy atom. The van der Waals surface area contributed by atoms with Crippen LogP contribution in [0.25, 0.3) is 0 Å². The maximum absolute atomic E-state index is 11.7. The molecule has 5 heteroatoms. The number of alkyl halides is 1. The molecule has 0 spiro atoms. The summed E-state index contributed by atoms with van der Waals surface area (Å²) in [6, 6.07) is 0. The summed E-state index contributed by atoms with van der Waals surface area (Å²) in [5.74, 6) is 1.09. The van der Waals surface area contributed by atoms with E-state index in [1.54, 1.807) is 19.4 Å². The zero-order valence-electron chi connectivity index (χ0n) is 10.7. The second kappa shape index (κ2) is 6.05. The molecular formula is C12H20ClN3O. The van der Waals surface area contributed by atoms with Crippen LogP contribution in [0.4, 0.5) is 5.82 Å². The van der Waals surface area contributed by atoms with Gasteiger partial charge in [0.25, 0.3) is 5.56 Å². The molecule has 1 aromatic rings. The van der Waals surface area contributed by atoms with Gasteiger partial charge in [0, 0.05) is 31.9 Å². The van der Waals surface area contributed by atoms with Crippen LogP contribution in [0.1, 0.15) is 26.7 Å². The fourth-order valence-corrected chi connectivity index (χ4v) is 1.71. The Labute approximate surface area is 107 Å².